The molecule has 2 rings (SSSR count). The number of aryl methyl sites for hydroxylation is 2. The van der Waals surface area contributed by atoms with Gasteiger partial charge < -0.3 is 9.47 Å². The number of hydrogen-bond donors (Lipinski definition) is 0. The van der Waals surface area contributed by atoms with Crippen molar-refractivity contribution in [3.8, 4) is 11.5 Å². The molecule has 2 heteroatoms. The zero-order chi connectivity index (χ0) is 14.2. The summed E-state index contributed by atoms with van der Waals surface area (Å²) in [4.78, 5) is 0. The van der Waals surface area contributed by atoms with Gasteiger partial charge in [0.15, 0.2) is 0 Å². The number of ether oxygens (including phenoxy) is 2. The molecule has 0 fully saturated rings. The summed E-state index contributed by atoms with van der Waals surface area (Å²) in [6.45, 7) is 5.58. The highest BCUT2D eigenvalue weighted by Gasteiger charge is 1.96. The van der Waals surface area contributed by atoms with E-state index in [1.165, 1.54) is 11.1 Å². The quantitative estimate of drug-likeness (QED) is 0.694. The Balaban J connectivity index is 1.64. The first-order valence-electron chi connectivity index (χ1n) is 7.19. The van der Waals surface area contributed by atoms with Crippen molar-refractivity contribution in [1.82, 2.24) is 0 Å². The van der Waals surface area contributed by atoms with E-state index in [1.807, 2.05) is 24.3 Å². The van der Waals surface area contributed by atoms with Gasteiger partial charge in [0.25, 0.3) is 0 Å². The third kappa shape index (κ3) is 4.61. The third-order valence-corrected chi connectivity index (χ3v) is 3.18. The first kappa shape index (κ1) is 14.4. The second-order valence-corrected chi connectivity index (χ2v) is 4.86. The van der Waals surface area contributed by atoms with E-state index in [1.54, 1.807) is 0 Å². The van der Waals surface area contributed by atoms with E-state index in [0.717, 1.165) is 24.3 Å². The van der Waals surface area contributed by atoms with E-state index < -0.39 is 0 Å². The summed E-state index contributed by atoms with van der Waals surface area (Å²) in [7, 11) is 0. The molecule has 0 aliphatic carbocycles. The molecule has 0 unspecified atom stereocenters. The van der Waals surface area contributed by atoms with Crippen LogP contribution in [0.1, 0.15) is 24.5 Å². The summed E-state index contributed by atoms with van der Waals surface area (Å²) < 4.78 is 11.3. The fourth-order valence-electron chi connectivity index (χ4n) is 1.89. The lowest BCUT2D eigenvalue weighted by Gasteiger charge is -2.08. The van der Waals surface area contributed by atoms with Crippen LogP contribution in [0, 0.1) is 6.92 Å². The Morgan fingerprint density at radius 1 is 0.750 bits per heavy atom. The van der Waals surface area contributed by atoms with Gasteiger partial charge in [0.2, 0.25) is 0 Å². The summed E-state index contributed by atoms with van der Waals surface area (Å²) in [5.41, 5.74) is 2.58. The summed E-state index contributed by atoms with van der Waals surface area (Å²) in [5.74, 6) is 1.85. The molecule has 0 bridgehead atoms. The molecule has 2 nitrogen and oxygen atoms in total. The van der Waals surface area contributed by atoms with Crippen LogP contribution in [0.25, 0.3) is 0 Å². The van der Waals surface area contributed by atoms with E-state index in [-0.39, 0.29) is 0 Å². The van der Waals surface area contributed by atoms with Gasteiger partial charge in [0, 0.05) is 6.42 Å². The van der Waals surface area contributed by atoms with Gasteiger partial charge in [0.1, 0.15) is 11.5 Å². The second kappa shape index (κ2) is 7.59. The summed E-state index contributed by atoms with van der Waals surface area (Å²) in [5, 5.41) is 0. The fourth-order valence-corrected chi connectivity index (χ4v) is 1.89. The van der Waals surface area contributed by atoms with Crippen molar-refractivity contribution in [2.75, 3.05) is 13.2 Å². The van der Waals surface area contributed by atoms with Crippen LogP contribution < -0.4 is 9.47 Å². The Morgan fingerprint density at radius 3 is 1.75 bits per heavy atom. The first-order chi connectivity index (χ1) is 9.78. The number of rotatable bonds is 7. The van der Waals surface area contributed by atoms with Crippen LogP contribution >= 0.6 is 0 Å². The molecule has 0 atom stereocenters. The van der Waals surface area contributed by atoms with Gasteiger partial charge in [-0.15, -0.1) is 0 Å². The minimum atomic E-state index is 0.677. The van der Waals surface area contributed by atoms with Crippen molar-refractivity contribution in [1.29, 1.82) is 0 Å². The van der Waals surface area contributed by atoms with Crippen molar-refractivity contribution in [2.24, 2.45) is 0 Å². The normalized spacial score (nSPS) is 10.3. The predicted molar refractivity (Wildman–Crippen MR) is 82.6 cm³/mol. The van der Waals surface area contributed by atoms with Crippen LogP contribution in [0.5, 0.6) is 11.5 Å². The molecule has 2 aromatic carbocycles. The molecule has 2 aromatic rings. The molecule has 0 saturated carbocycles. The lowest BCUT2D eigenvalue weighted by atomic mass is 10.2. The van der Waals surface area contributed by atoms with Gasteiger partial charge in [-0.3, -0.25) is 0 Å². The molecule has 0 aliphatic rings. The topological polar surface area (TPSA) is 18.5 Å². The summed E-state index contributed by atoms with van der Waals surface area (Å²) >= 11 is 0. The van der Waals surface area contributed by atoms with E-state index in [9.17, 15) is 0 Å². The highest BCUT2D eigenvalue weighted by atomic mass is 16.5. The molecular weight excluding hydrogens is 248 g/mol. The molecule has 0 amide bonds. The summed E-state index contributed by atoms with van der Waals surface area (Å²) in [6, 6.07) is 16.4. The van der Waals surface area contributed by atoms with E-state index in [0.29, 0.717) is 13.2 Å². The maximum Gasteiger partial charge on any atom is 0.119 e. The van der Waals surface area contributed by atoms with Crippen molar-refractivity contribution < 1.29 is 9.47 Å². The predicted octanol–water partition coefficient (Wildman–Crippen LogP) is 4.41. The first-order valence-corrected chi connectivity index (χ1v) is 7.19. The SMILES string of the molecule is CCc1ccc(OCCCOc2ccc(C)cc2)cc1. The molecular formula is C18H22O2. The molecule has 0 N–H and O–H groups in total. The molecule has 0 heterocycles. The van der Waals surface area contributed by atoms with Crippen LogP contribution in [0.4, 0.5) is 0 Å². The lowest BCUT2D eigenvalue weighted by Crippen LogP contribution is -2.05. The Kier molecular flexibility index (Phi) is 5.48. The van der Waals surface area contributed by atoms with Gasteiger partial charge in [-0.25, -0.2) is 0 Å². The highest BCUT2D eigenvalue weighted by Crippen LogP contribution is 2.14. The van der Waals surface area contributed by atoms with Gasteiger partial charge >= 0.3 is 0 Å². The molecule has 0 aromatic heterocycles. The molecule has 0 saturated heterocycles. The molecule has 0 aliphatic heterocycles. The smallest absolute Gasteiger partial charge is 0.119 e. The monoisotopic (exact) mass is 270 g/mol. The lowest BCUT2D eigenvalue weighted by molar-refractivity contribution is 0.247. The highest BCUT2D eigenvalue weighted by molar-refractivity contribution is 5.27. The van der Waals surface area contributed by atoms with E-state index in [4.69, 9.17) is 9.47 Å². The largest absolute Gasteiger partial charge is 0.493 e. The minimum absolute atomic E-state index is 0.677. The van der Waals surface area contributed by atoms with Gasteiger partial charge in [-0.2, -0.15) is 0 Å². The van der Waals surface area contributed by atoms with Crippen molar-refractivity contribution >= 4 is 0 Å². The van der Waals surface area contributed by atoms with E-state index >= 15 is 0 Å². The van der Waals surface area contributed by atoms with Crippen LogP contribution in [-0.4, -0.2) is 13.2 Å². The molecule has 0 radical (unpaired) electrons. The standard InChI is InChI=1S/C18H22O2/c1-3-16-7-11-18(12-8-16)20-14-4-13-19-17-9-5-15(2)6-10-17/h5-12H,3-4,13-14H2,1-2H3. The van der Waals surface area contributed by atoms with Gasteiger partial charge in [-0.1, -0.05) is 36.8 Å². The molecule has 0 spiro atoms. The maximum absolute atomic E-state index is 5.68. The van der Waals surface area contributed by atoms with Crippen molar-refractivity contribution in [3.05, 3.63) is 59.7 Å². The fraction of sp³-hybridized carbons (Fsp3) is 0.333. The Labute approximate surface area is 121 Å². The van der Waals surface area contributed by atoms with Crippen LogP contribution in [0.2, 0.25) is 0 Å². The van der Waals surface area contributed by atoms with Crippen LogP contribution in [0.3, 0.4) is 0 Å². The zero-order valence-corrected chi connectivity index (χ0v) is 12.3. The molecule has 20 heavy (non-hydrogen) atoms. The minimum Gasteiger partial charge on any atom is -0.493 e. The maximum atomic E-state index is 5.68. The van der Waals surface area contributed by atoms with Gasteiger partial charge in [0.05, 0.1) is 13.2 Å². The zero-order valence-electron chi connectivity index (χ0n) is 12.3. The summed E-state index contributed by atoms with van der Waals surface area (Å²) in [6.07, 6.45) is 1.94. The average Bonchev–Trinajstić information content (AvgIpc) is 2.49. The van der Waals surface area contributed by atoms with Gasteiger partial charge in [-0.05, 0) is 43.2 Å². The average molecular weight is 270 g/mol. The Morgan fingerprint density at radius 2 is 1.25 bits per heavy atom. The van der Waals surface area contributed by atoms with Crippen LogP contribution in [0.15, 0.2) is 48.5 Å². The second-order valence-electron chi connectivity index (χ2n) is 4.86. The number of hydrogen-bond acceptors (Lipinski definition) is 2. The number of benzene rings is 2. The Hall–Kier alpha value is -1.96. The van der Waals surface area contributed by atoms with Crippen LogP contribution in [-0.2, 0) is 6.42 Å². The van der Waals surface area contributed by atoms with Crippen molar-refractivity contribution in [3.63, 3.8) is 0 Å². The van der Waals surface area contributed by atoms with E-state index in [2.05, 4.69) is 38.1 Å². The Bertz CT molecular complexity index is 500. The van der Waals surface area contributed by atoms with Crippen molar-refractivity contribution in [2.45, 2.75) is 26.7 Å². The third-order valence-electron chi connectivity index (χ3n) is 3.18. The molecule has 106 valence electrons.